The number of amides is 1. The van der Waals surface area contributed by atoms with Crippen molar-refractivity contribution in [3.8, 4) is 0 Å². The molecule has 0 fully saturated rings. The van der Waals surface area contributed by atoms with Gasteiger partial charge in [-0.25, -0.2) is 0 Å². The third kappa shape index (κ3) is 3.40. The second-order valence-electron chi connectivity index (χ2n) is 5.34. The van der Waals surface area contributed by atoms with Crippen molar-refractivity contribution < 1.29 is 14.1 Å². The van der Waals surface area contributed by atoms with E-state index in [1.165, 1.54) is 6.92 Å². The number of carbonyl (C=O) groups excluding carboxylic acids is 2. The van der Waals surface area contributed by atoms with Gasteiger partial charge in [-0.3, -0.25) is 9.59 Å². The van der Waals surface area contributed by atoms with Crippen LogP contribution in [0.1, 0.15) is 39.5 Å². The van der Waals surface area contributed by atoms with Crippen molar-refractivity contribution >= 4 is 17.4 Å². The summed E-state index contributed by atoms with van der Waals surface area (Å²) in [6, 6.07) is 10.3. The molecule has 0 saturated carbocycles. The van der Waals surface area contributed by atoms with Crippen molar-refractivity contribution in [3.05, 3.63) is 65.6 Å². The fourth-order valence-corrected chi connectivity index (χ4v) is 2.30. The third-order valence-electron chi connectivity index (χ3n) is 3.49. The molecule has 122 valence electrons. The molecule has 0 atom stereocenters. The van der Waals surface area contributed by atoms with Crippen LogP contribution >= 0.6 is 0 Å². The summed E-state index contributed by atoms with van der Waals surface area (Å²) in [5.41, 5.74) is 1.70. The van der Waals surface area contributed by atoms with Gasteiger partial charge in [0.15, 0.2) is 11.6 Å². The van der Waals surface area contributed by atoms with Crippen LogP contribution in [-0.4, -0.2) is 26.4 Å². The van der Waals surface area contributed by atoms with Gasteiger partial charge in [0.05, 0.1) is 6.54 Å². The number of rotatable bonds is 5. The van der Waals surface area contributed by atoms with Crippen LogP contribution < -0.4 is 5.32 Å². The Labute approximate surface area is 138 Å². The lowest BCUT2D eigenvalue weighted by Gasteiger charge is -2.08. The molecule has 0 saturated heterocycles. The number of benzene rings is 1. The number of anilines is 1. The van der Waals surface area contributed by atoms with Crippen LogP contribution in [-0.2, 0) is 6.54 Å². The summed E-state index contributed by atoms with van der Waals surface area (Å²) in [5.74, 6) is 0.713. The molecule has 0 aliphatic heterocycles. The summed E-state index contributed by atoms with van der Waals surface area (Å²) in [6.45, 7) is 3.56. The van der Waals surface area contributed by atoms with Crippen LogP contribution in [0.3, 0.4) is 0 Å². The minimum atomic E-state index is -0.254. The van der Waals surface area contributed by atoms with E-state index in [0.29, 0.717) is 35.2 Å². The van der Waals surface area contributed by atoms with Gasteiger partial charge >= 0.3 is 0 Å². The normalized spacial score (nSPS) is 10.6. The first-order valence-electron chi connectivity index (χ1n) is 7.39. The fraction of sp³-hybridized carbons (Fsp3) is 0.176. The standard InChI is InChI=1S/C17H16N4O3/c1-11(22)13-5-7-14(8-6-13)19-17(23)15-4-3-9-21(15)10-16-18-12(2)24-20-16/h3-9H,10H2,1-2H3,(H,19,23). The lowest BCUT2D eigenvalue weighted by Crippen LogP contribution is -2.17. The van der Waals surface area contributed by atoms with Crippen LogP contribution in [0.25, 0.3) is 0 Å². The van der Waals surface area contributed by atoms with Crippen LogP contribution in [0.4, 0.5) is 5.69 Å². The maximum Gasteiger partial charge on any atom is 0.272 e. The first-order chi connectivity index (χ1) is 11.5. The van der Waals surface area contributed by atoms with Crippen LogP contribution in [0, 0.1) is 6.92 Å². The van der Waals surface area contributed by atoms with Gasteiger partial charge < -0.3 is 14.4 Å². The highest BCUT2D eigenvalue weighted by atomic mass is 16.5. The van der Waals surface area contributed by atoms with E-state index in [2.05, 4.69) is 15.5 Å². The zero-order chi connectivity index (χ0) is 17.1. The van der Waals surface area contributed by atoms with Crippen molar-refractivity contribution in [2.75, 3.05) is 5.32 Å². The number of hydrogen-bond acceptors (Lipinski definition) is 5. The number of ketones is 1. The molecule has 0 radical (unpaired) electrons. The zero-order valence-corrected chi connectivity index (χ0v) is 13.3. The number of carbonyl (C=O) groups is 2. The van der Waals surface area contributed by atoms with Gasteiger partial charge in [-0.2, -0.15) is 4.98 Å². The Kier molecular flexibility index (Phi) is 4.24. The Morgan fingerprint density at radius 1 is 1.21 bits per heavy atom. The first kappa shape index (κ1) is 15.7. The number of nitrogens with one attached hydrogen (secondary N) is 1. The van der Waals surface area contributed by atoms with Crippen LogP contribution in [0.2, 0.25) is 0 Å². The summed E-state index contributed by atoms with van der Waals surface area (Å²) < 4.78 is 6.68. The molecule has 2 heterocycles. The van der Waals surface area contributed by atoms with E-state index in [1.807, 2.05) is 0 Å². The Bertz CT molecular complexity index is 877. The molecule has 1 N–H and O–H groups in total. The van der Waals surface area contributed by atoms with Gasteiger partial charge in [0.2, 0.25) is 5.89 Å². The highest BCUT2D eigenvalue weighted by Crippen LogP contribution is 2.13. The van der Waals surface area contributed by atoms with E-state index in [9.17, 15) is 9.59 Å². The number of Topliss-reactive ketones (excluding diaryl/α,β-unsaturated/α-hetero) is 1. The average Bonchev–Trinajstić information content (AvgIpc) is 3.17. The van der Waals surface area contributed by atoms with Crippen LogP contribution in [0.5, 0.6) is 0 Å². The maximum absolute atomic E-state index is 12.4. The minimum absolute atomic E-state index is 0.0165. The Morgan fingerprint density at radius 3 is 2.58 bits per heavy atom. The van der Waals surface area contributed by atoms with E-state index in [-0.39, 0.29) is 11.7 Å². The van der Waals surface area contributed by atoms with E-state index in [4.69, 9.17) is 4.52 Å². The Balaban J connectivity index is 1.73. The molecule has 3 rings (SSSR count). The molecule has 1 aromatic carbocycles. The molecule has 0 aliphatic carbocycles. The monoisotopic (exact) mass is 324 g/mol. The summed E-state index contributed by atoms with van der Waals surface area (Å²) >= 11 is 0. The van der Waals surface area contributed by atoms with Gasteiger partial charge in [-0.15, -0.1) is 0 Å². The number of aryl methyl sites for hydroxylation is 1. The second-order valence-corrected chi connectivity index (χ2v) is 5.34. The predicted molar refractivity (Wildman–Crippen MR) is 87.0 cm³/mol. The summed E-state index contributed by atoms with van der Waals surface area (Å²) in [6.07, 6.45) is 1.78. The largest absolute Gasteiger partial charge is 0.340 e. The number of nitrogens with zero attached hydrogens (tertiary/aromatic N) is 3. The van der Waals surface area contributed by atoms with Crippen molar-refractivity contribution in [3.63, 3.8) is 0 Å². The van der Waals surface area contributed by atoms with Gasteiger partial charge in [0, 0.05) is 24.4 Å². The highest BCUT2D eigenvalue weighted by Gasteiger charge is 2.13. The first-order valence-corrected chi connectivity index (χ1v) is 7.39. The molecule has 7 nitrogen and oxygen atoms in total. The highest BCUT2D eigenvalue weighted by molar-refractivity contribution is 6.03. The molecule has 0 spiro atoms. The molecule has 1 amide bonds. The van der Waals surface area contributed by atoms with E-state index in [0.717, 1.165) is 0 Å². The van der Waals surface area contributed by atoms with Gasteiger partial charge in [0.1, 0.15) is 5.69 Å². The predicted octanol–water partition coefficient (Wildman–Crippen LogP) is 2.68. The lowest BCUT2D eigenvalue weighted by atomic mass is 10.1. The molecular weight excluding hydrogens is 308 g/mol. The van der Waals surface area contributed by atoms with Crippen LogP contribution in [0.15, 0.2) is 47.1 Å². The number of hydrogen-bond donors (Lipinski definition) is 1. The van der Waals surface area contributed by atoms with Gasteiger partial charge in [-0.1, -0.05) is 5.16 Å². The van der Waals surface area contributed by atoms with Gasteiger partial charge in [-0.05, 0) is 43.3 Å². The van der Waals surface area contributed by atoms with Crippen molar-refractivity contribution in [1.82, 2.24) is 14.7 Å². The summed E-state index contributed by atoms with van der Waals surface area (Å²) in [5, 5.41) is 6.64. The van der Waals surface area contributed by atoms with Gasteiger partial charge in [0.25, 0.3) is 5.91 Å². The van der Waals surface area contributed by atoms with E-state index < -0.39 is 0 Å². The minimum Gasteiger partial charge on any atom is -0.340 e. The third-order valence-corrected chi connectivity index (χ3v) is 3.49. The molecule has 0 aliphatic rings. The quantitative estimate of drug-likeness (QED) is 0.729. The van der Waals surface area contributed by atoms with Crippen molar-refractivity contribution in [2.45, 2.75) is 20.4 Å². The second kappa shape index (κ2) is 6.49. The molecule has 7 heteroatoms. The lowest BCUT2D eigenvalue weighted by molar-refractivity contribution is 0.101. The Morgan fingerprint density at radius 2 is 1.96 bits per heavy atom. The number of aromatic nitrogens is 3. The summed E-state index contributed by atoms with van der Waals surface area (Å²) in [7, 11) is 0. The average molecular weight is 324 g/mol. The smallest absolute Gasteiger partial charge is 0.272 e. The van der Waals surface area contributed by atoms with E-state index >= 15 is 0 Å². The van der Waals surface area contributed by atoms with E-state index in [1.54, 1.807) is 54.1 Å². The topological polar surface area (TPSA) is 90.0 Å². The molecule has 0 bridgehead atoms. The van der Waals surface area contributed by atoms with Crippen molar-refractivity contribution in [1.29, 1.82) is 0 Å². The molecule has 0 unspecified atom stereocenters. The zero-order valence-electron chi connectivity index (χ0n) is 13.3. The molecule has 2 aromatic heterocycles. The molecule has 24 heavy (non-hydrogen) atoms. The Hall–Kier alpha value is -3.22. The molecular formula is C17H16N4O3. The van der Waals surface area contributed by atoms with Crippen molar-refractivity contribution in [2.24, 2.45) is 0 Å². The SMILES string of the molecule is CC(=O)c1ccc(NC(=O)c2cccn2Cc2noc(C)n2)cc1. The maximum atomic E-state index is 12.4. The fourth-order valence-electron chi connectivity index (χ4n) is 2.30. The summed E-state index contributed by atoms with van der Waals surface area (Å²) in [4.78, 5) is 27.9. The molecule has 3 aromatic rings.